The zero-order valence-electron chi connectivity index (χ0n) is 10.7. The van der Waals surface area contributed by atoms with Gasteiger partial charge in [-0.1, -0.05) is 6.07 Å². The number of aromatic nitrogens is 4. The van der Waals surface area contributed by atoms with E-state index in [2.05, 4.69) is 20.3 Å². The molecule has 0 unspecified atom stereocenters. The Morgan fingerprint density at radius 1 is 1.24 bits per heavy atom. The fourth-order valence-corrected chi connectivity index (χ4v) is 1.87. The minimum atomic E-state index is -4.48. The van der Waals surface area contributed by atoms with Gasteiger partial charge < -0.3 is 9.72 Å². The Bertz CT molecular complexity index is 751. The van der Waals surface area contributed by atoms with Gasteiger partial charge in [-0.3, -0.25) is 4.98 Å². The molecule has 21 heavy (non-hydrogen) atoms. The summed E-state index contributed by atoms with van der Waals surface area (Å²) in [5, 5.41) is 2.97. The smallest absolute Gasteiger partial charge is 0.363 e. The van der Waals surface area contributed by atoms with E-state index in [1.165, 1.54) is 16.8 Å². The second-order valence-corrected chi connectivity index (χ2v) is 4.35. The van der Waals surface area contributed by atoms with E-state index < -0.39 is 11.9 Å². The summed E-state index contributed by atoms with van der Waals surface area (Å²) in [6.07, 6.45) is 2.61. The number of halogens is 3. The fourth-order valence-electron chi connectivity index (χ4n) is 1.87. The van der Waals surface area contributed by atoms with Gasteiger partial charge >= 0.3 is 6.18 Å². The summed E-state index contributed by atoms with van der Waals surface area (Å²) in [6, 6.07) is 3.63. The van der Waals surface area contributed by atoms with E-state index in [0.717, 1.165) is 11.8 Å². The van der Waals surface area contributed by atoms with Crippen LogP contribution in [-0.4, -0.2) is 19.4 Å². The van der Waals surface area contributed by atoms with Crippen LogP contribution in [0.25, 0.3) is 5.65 Å². The normalized spacial score (nSPS) is 11.8. The van der Waals surface area contributed by atoms with Crippen molar-refractivity contribution in [3.63, 3.8) is 0 Å². The molecule has 3 heterocycles. The number of rotatable bonds is 3. The van der Waals surface area contributed by atoms with Gasteiger partial charge in [0.05, 0.1) is 0 Å². The average molecular weight is 293 g/mol. The molecule has 3 rings (SSSR count). The van der Waals surface area contributed by atoms with E-state index in [4.69, 9.17) is 0 Å². The van der Waals surface area contributed by atoms with Crippen molar-refractivity contribution < 1.29 is 13.2 Å². The first kappa shape index (κ1) is 13.3. The lowest BCUT2D eigenvalue weighted by molar-refractivity contribution is -0.140. The lowest BCUT2D eigenvalue weighted by Gasteiger charge is -2.06. The summed E-state index contributed by atoms with van der Waals surface area (Å²) >= 11 is 0. The summed E-state index contributed by atoms with van der Waals surface area (Å²) in [6.45, 7) is 0.398. The molecule has 0 bridgehead atoms. The molecule has 0 aliphatic rings. The maximum Gasteiger partial charge on any atom is 0.434 e. The van der Waals surface area contributed by atoms with Gasteiger partial charge in [-0.2, -0.15) is 13.2 Å². The topological polar surface area (TPSA) is 55.1 Å². The lowest BCUT2D eigenvalue weighted by atomic mass is 10.3. The number of fused-ring (bicyclic) bond motifs is 1. The Kier molecular flexibility index (Phi) is 3.20. The summed E-state index contributed by atoms with van der Waals surface area (Å²) in [5.41, 5.74) is 0.0811. The minimum Gasteiger partial charge on any atom is -0.363 e. The zero-order valence-corrected chi connectivity index (χ0v) is 10.7. The van der Waals surface area contributed by atoms with Crippen LogP contribution in [0.4, 0.5) is 19.0 Å². The van der Waals surface area contributed by atoms with Crippen LogP contribution in [0.5, 0.6) is 0 Å². The van der Waals surface area contributed by atoms with E-state index in [9.17, 15) is 13.2 Å². The monoisotopic (exact) mass is 293 g/mol. The number of pyridine rings is 1. The molecule has 0 aromatic carbocycles. The van der Waals surface area contributed by atoms with E-state index in [1.54, 1.807) is 18.5 Å². The van der Waals surface area contributed by atoms with Gasteiger partial charge in [0.1, 0.15) is 0 Å². The summed E-state index contributed by atoms with van der Waals surface area (Å²) in [7, 11) is 0. The molecule has 1 N–H and O–H groups in total. The van der Waals surface area contributed by atoms with E-state index in [1.807, 2.05) is 6.07 Å². The molecule has 0 radical (unpaired) electrons. The molecule has 3 aromatic rings. The first-order chi connectivity index (χ1) is 10.0. The molecule has 0 amide bonds. The van der Waals surface area contributed by atoms with Crippen molar-refractivity contribution in [2.75, 3.05) is 5.32 Å². The summed E-state index contributed by atoms with van der Waals surface area (Å²) < 4.78 is 39.3. The third kappa shape index (κ3) is 2.78. The molecular weight excluding hydrogens is 283 g/mol. The van der Waals surface area contributed by atoms with Crippen molar-refractivity contribution in [1.29, 1.82) is 0 Å². The number of hydrogen-bond acceptors (Lipinski definition) is 4. The van der Waals surface area contributed by atoms with Crippen LogP contribution in [0.1, 0.15) is 11.3 Å². The molecule has 0 atom stereocenters. The summed E-state index contributed by atoms with van der Waals surface area (Å²) in [5.74, 6) is 0.289. The molecule has 0 saturated heterocycles. The molecule has 3 aromatic heterocycles. The van der Waals surface area contributed by atoms with Crippen LogP contribution in [0, 0.1) is 0 Å². The number of imidazole rings is 1. The highest BCUT2D eigenvalue weighted by Gasteiger charge is 2.34. The Morgan fingerprint density at radius 2 is 2.10 bits per heavy atom. The number of nitrogens with zero attached hydrogens (tertiary/aromatic N) is 4. The van der Waals surface area contributed by atoms with E-state index in [0.29, 0.717) is 6.54 Å². The van der Waals surface area contributed by atoms with Crippen molar-refractivity contribution in [1.82, 2.24) is 19.4 Å². The summed E-state index contributed by atoms with van der Waals surface area (Å²) in [4.78, 5) is 11.6. The number of alkyl halides is 3. The van der Waals surface area contributed by atoms with Crippen molar-refractivity contribution >= 4 is 11.5 Å². The second kappa shape index (κ2) is 5.04. The predicted octanol–water partition coefficient (Wildman–Crippen LogP) is 2.76. The third-order valence-corrected chi connectivity index (χ3v) is 2.85. The van der Waals surface area contributed by atoms with Crippen molar-refractivity contribution in [2.24, 2.45) is 0 Å². The van der Waals surface area contributed by atoms with Gasteiger partial charge in [-0.15, -0.1) is 0 Å². The van der Waals surface area contributed by atoms with Crippen LogP contribution in [-0.2, 0) is 12.7 Å². The molecule has 0 spiro atoms. The Balaban J connectivity index is 1.90. The number of nitrogens with one attached hydrogen (secondary N) is 1. The molecule has 108 valence electrons. The van der Waals surface area contributed by atoms with Gasteiger partial charge in [0.15, 0.2) is 17.2 Å². The molecular formula is C13H10F3N5. The Morgan fingerprint density at radius 3 is 2.81 bits per heavy atom. The predicted molar refractivity (Wildman–Crippen MR) is 69.6 cm³/mol. The fraction of sp³-hybridized carbons (Fsp3) is 0.154. The van der Waals surface area contributed by atoms with E-state index in [-0.39, 0.29) is 11.5 Å². The highest BCUT2D eigenvalue weighted by Crippen LogP contribution is 2.29. The van der Waals surface area contributed by atoms with Crippen LogP contribution in [0.3, 0.4) is 0 Å². The molecule has 0 aliphatic heterocycles. The maximum absolute atomic E-state index is 12.7. The third-order valence-electron chi connectivity index (χ3n) is 2.85. The van der Waals surface area contributed by atoms with Crippen molar-refractivity contribution in [3.05, 3.63) is 54.4 Å². The lowest BCUT2D eigenvalue weighted by Crippen LogP contribution is -2.05. The zero-order chi connectivity index (χ0) is 14.9. The van der Waals surface area contributed by atoms with Crippen LogP contribution >= 0.6 is 0 Å². The Hall–Kier alpha value is -2.64. The molecule has 0 saturated carbocycles. The SMILES string of the molecule is FC(F)(F)c1cn2ccnc(NCc3cccnc3)c2n1. The number of hydrogen-bond donors (Lipinski definition) is 1. The maximum atomic E-state index is 12.7. The van der Waals surface area contributed by atoms with Crippen molar-refractivity contribution in [3.8, 4) is 0 Å². The Labute approximate surface area is 117 Å². The first-order valence-electron chi connectivity index (χ1n) is 6.08. The van der Waals surface area contributed by atoms with E-state index >= 15 is 0 Å². The van der Waals surface area contributed by atoms with Crippen LogP contribution in [0.15, 0.2) is 43.1 Å². The van der Waals surface area contributed by atoms with Crippen molar-refractivity contribution in [2.45, 2.75) is 12.7 Å². The van der Waals surface area contributed by atoms with Gasteiger partial charge in [0, 0.05) is 37.5 Å². The quantitative estimate of drug-likeness (QED) is 0.806. The largest absolute Gasteiger partial charge is 0.434 e. The van der Waals surface area contributed by atoms with Gasteiger partial charge in [0.25, 0.3) is 0 Å². The molecule has 0 fully saturated rings. The second-order valence-electron chi connectivity index (χ2n) is 4.35. The molecule has 0 aliphatic carbocycles. The first-order valence-corrected chi connectivity index (χ1v) is 6.08. The standard InChI is InChI=1S/C13H10F3N5/c14-13(15,16)10-8-21-5-4-18-11(12(21)20-10)19-7-9-2-1-3-17-6-9/h1-6,8H,7H2,(H,18,19). The number of anilines is 1. The highest BCUT2D eigenvalue weighted by molar-refractivity contribution is 5.63. The minimum absolute atomic E-state index is 0.133. The molecule has 8 heteroatoms. The van der Waals surface area contributed by atoms with Crippen LogP contribution < -0.4 is 5.32 Å². The highest BCUT2D eigenvalue weighted by atomic mass is 19.4. The van der Waals surface area contributed by atoms with Crippen LogP contribution in [0.2, 0.25) is 0 Å². The van der Waals surface area contributed by atoms with Gasteiger partial charge in [0.2, 0.25) is 0 Å². The average Bonchev–Trinajstić information content (AvgIpc) is 2.91. The van der Waals surface area contributed by atoms with Gasteiger partial charge in [-0.05, 0) is 11.6 Å². The molecule has 5 nitrogen and oxygen atoms in total. The van der Waals surface area contributed by atoms with Gasteiger partial charge in [-0.25, -0.2) is 9.97 Å².